The van der Waals surface area contributed by atoms with Crippen molar-refractivity contribution in [2.45, 2.75) is 18.9 Å². The highest BCUT2D eigenvalue weighted by molar-refractivity contribution is 5.51. The second-order valence-electron chi connectivity index (χ2n) is 4.28. The fourth-order valence-electron chi connectivity index (χ4n) is 2.16. The summed E-state index contributed by atoms with van der Waals surface area (Å²) in [6.45, 7) is 4.26. The molecular formula is C12H15N3O3. The predicted molar refractivity (Wildman–Crippen MR) is 63.0 cm³/mol. The molecule has 18 heavy (non-hydrogen) atoms. The van der Waals surface area contributed by atoms with Crippen LogP contribution in [0, 0.1) is 0 Å². The summed E-state index contributed by atoms with van der Waals surface area (Å²) in [6.07, 6.45) is 3.19. The monoisotopic (exact) mass is 249 g/mol. The standard InChI is InChI=1S/C12H15N3O3/c1-2-13-10-7-17-6-9(10)12-14-11(15-18-12)8-3-4-16-5-8/h3-5,9-10,13H,2,6-7H2,1H3. The van der Waals surface area contributed by atoms with Crippen LogP contribution in [0.3, 0.4) is 0 Å². The first kappa shape index (κ1) is 11.4. The SMILES string of the molecule is CCNC1COCC1c1nc(-c2ccoc2)no1. The Kier molecular flexibility index (Phi) is 3.12. The van der Waals surface area contributed by atoms with Crippen LogP contribution in [0.5, 0.6) is 0 Å². The van der Waals surface area contributed by atoms with Gasteiger partial charge in [-0.15, -0.1) is 0 Å². The van der Waals surface area contributed by atoms with Gasteiger partial charge in [0.25, 0.3) is 0 Å². The minimum atomic E-state index is 0.123. The molecule has 1 N–H and O–H groups in total. The predicted octanol–water partition coefficient (Wildman–Crippen LogP) is 1.42. The van der Waals surface area contributed by atoms with E-state index in [1.165, 1.54) is 0 Å². The number of rotatable bonds is 4. The number of hydrogen-bond acceptors (Lipinski definition) is 6. The van der Waals surface area contributed by atoms with E-state index in [1.807, 2.05) is 6.07 Å². The lowest BCUT2D eigenvalue weighted by atomic mass is 10.0. The van der Waals surface area contributed by atoms with E-state index >= 15 is 0 Å². The summed E-state index contributed by atoms with van der Waals surface area (Å²) in [5.74, 6) is 1.30. The Morgan fingerprint density at radius 2 is 2.39 bits per heavy atom. The van der Waals surface area contributed by atoms with Gasteiger partial charge in [-0.25, -0.2) is 0 Å². The summed E-state index contributed by atoms with van der Waals surface area (Å²) in [5, 5.41) is 7.33. The van der Waals surface area contributed by atoms with Crippen molar-refractivity contribution in [3.63, 3.8) is 0 Å². The zero-order valence-corrected chi connectivity index (χ0v) is 10.1. The summed E-state index contributed by atoms with van der Waals surface area (Å²) >= 11 is 0. The maximum Gasteiger partial charge on any atom is 0.234 e. The number of nitrogens with zero attached hydrogens (tertiary/aromatic N) is 2. The van der Waals surface area contributed by atoms with E-state index in [4.69, 9.17) is 13.7 Å². The van der Waals surface area contributed by atoms with Crippen LogP contribution in [0.15, 0.2) is 27.5 Å². The number of ether oxygens (including phenoxy) is 1. The fourth-order valence-corrected chi connectivity index (χ4v) is 2.16. The van der Waals surface area contributed by atoms with Crippen molar-refractivity contribution in [1.82, 2.24) is 15.5 Å². The molecule has 2 aromatic heterocycles. The van der Waals surface area contributed by atoms with Crippen molar-refractivity contribution in [3.8, 4) is 11.4 Å². The van der Waals surface area contributed by atoms with E-state index in [-0.39, 0.29) is 12.0 Å². The van der Waals surface area contributed by atoms with Gasteiger partial charge in [-0.3, -0.25) is 0 Å². The van der Waals surface area contributed by atoms with Gasteiger partial charge >= 0.3 is 0 Å². The van der Waals surface area contributed by atoms with Crippen molar-refractivity contribution < 1.29 is 13.7 Å². The third-order valence-electron chi connectivity index (χ3n) is 3.09. The number of nitrogens with one attached hydrogen (secondary N) is 1. The van der Waals surface area contributed by atoms with Crippen LogP contribution in [0.2, 0.25) is 0 Å². The second kappa shape index (κ2) is 4.91. The first-order chi connectivity index (χ1) is 8.88. The van der Waals surface area contributed by atoms with Crippen molar-refractivity contribution in [2.75, 3.05) is 19.8 Å². The van der Waals surface area contributed by atoms with Crippen molar-refractivity contribution >= 4 is 0 Å². The minimum Gasteiger partial charge on any atom is -0.472 e. The average molecular weight is 249 g/mol. The second-order valence-corrected chi connectivity index (χ2v) is 4.28. The van der Waals surface area contributed by atoms with Crippen LogP contribution >= 0.6 is 0 Å². The van der Waals surface area contributed by atoms with E-state index in [1.54, 1.807) is 12.5 Å². The molecule has 0 saturated carbocycles. The molecular weight excluding hydrogens is 234 g/mol. The van der Waals surface area contributed by atoms with E-state index in [0.717, 1.165) is 12.1 Å². The van der Waals surface area contributed by atoms with Crippen LogP contribution in [0.1, 0.15) is 18.7 Å². The molecule has 2 unspecified atom stereocenters. The van der Waals surface area contributed by atoms with Gasteiger partial charge in [0.15, 0.2) is 0 Å². The van der Waals surface area contributed by atoms with Gasteiger partial charge in [-0.05, 0) is 12.6 Å². The summed E-state index contributed by atoms with van der Waals surface area (Å²) in [5.41, 5.74) is 0.823. The molecule has 0 aliphatic carbocycles. The molecule has 0 radical (unpaired) electrons. The van der Waals surface area contributed by atoms with Gasteiger partial charge in [0.1, 0.15) is 6.26 Å². The molecule has 0 amide bonds. The van der Waals surface area contributed by atoms with E-state index < -0.39 is 0 Å². The quantitative estimate of drug-likeness (QED) is 0.883. The first-order valence-corrected chi connectivity index (χ1v) is 6.05. The van der Waals surface area contributed by atoms with Gasteiger partial charge in [0, 0.05) is 6.04 Å². The van der Waals surface area contributed by atoms with Gasteiger partial charge in [0.05, 0.1) is 31.0 Å². The Labute approximate surface area is 104 Å². The largest absolute Gasteiger partial charge is 0.472 e. The highest BCUT2D eigenvalue weighted by Gasteiger charge is 2.33. The molecule has 0 bridgehead atoms. The summed E-state index contributed by atoms with van der Waals surface area (Å²) in [4.78, 5) is 4.41. The maximum atomic E-state index is 5.47. The number of hydrogen-bond donors (Lipinski definition) is 1. The summed E-state index contributed by atoms with van der Waals surface area (Å²) in [7, 11) is 0. The van der Waals surface area contributed by atoms with Gasteiger partial charge in [0.2, 0.25) is 11.7 Å². The molecule has 0 spiro atoms. The Hall–Kier alpha value is -1.66. The van der Waals surface area contributed by atoms with Gasteiger partial charge in [-0.2, -0.15) is 4.98 Å². The smallest absolute Gasteiger partial charge is 0.234 e. The third kappa shape index (κ3) is 2.04. The third-order valence-corrected chi connectivity index (χ3v) is 3.09. The van der Waals surface area contributed by atoms with Crippen LogP contribution in [0.25, 0.3) is 11.4 Å². The summed E-state index contributed by atoms with van der Waals surface area (Å²) in [6, 6.07) is 2.05. The molecule has 1 saturated heterocycles. The molecule has 2 atom stereocenters. The molecule has 2 aromatic rings. The number of furan rings is 1. The van der Waals surface area contributed by atoms with Crippen LogP contribution in [-0.4, -0.2) is 35.9 Å². The van der Waals surface area contributed by atoms with E-state index in [9.17, 15) is 0 Å². The summed E-state index contributed by atoms with van der Waals surface area (Å²) < 4.78 is 15.8. The molecule has 6 heteroatoms. The lowest BCUT2D eigenvalue weighted by molar-refractivity contribution is 0.185. The zero-order valence-electron chi connectivity index (χ0n) is 10.1. The molecule has 96 valence electrons. The Balaban J connectivity index is 1.80. The van der Waals surface area contributed by atoms with Gasteiger partial charge < -0.3 is 19.0 Å². The van der Waals surface area contributed by atoms with Gasteiger partial charge in [-0.1, -0.05) is 12.1 Å². The highest BCUT2D eigenvalue weighted by atomic mass is 16.5. The zero-order chi connectivity index (χ0) is 12.4. The van der Waals surface area contributed by atoms with E-state index in [2.05, 4.69) is 22.4 Å². The highest BCUT2D eigenvalue weighted by Crippen LogP contribution is 2.26. The van der Waals surface area contributed by atoms with E-state index in [0.29, 0.717) is 24.9 Å². The lowest BCUT2D eigenvalue weighted by Gasteiger charge is -2.13. The van der Waals surface area contributed by atoms with Crippen molar-refractivity contribution in [2.24, 2.45) is 0 Å². The Morgan fingerprint density at radius 1 is 1.44 bits per heavy atom. The molecule has 1 aliphatic heterocycles. The van der Waals surface area contributed by atoms with Crippen LogP contribution in [-0.2, 0) is 4.74 Å². The lowest BCUT2D eigenvalue weighted by Crippen LogP contribution is -2.34. The molecule has 0 aromatic carbocycles. The minimum absolute atomic E-state index is 0.123. The van der Waals surface area contributed by atoms with Crippen LogP contribution < -0.4 is 5.32 Å². The maximum absolute atomic E-state index is 5.47. The molecule has 1 aliphatic rings. The van der Waals surface area contributed by atoms with Crippen molar-refractivity contribution in [3.05, 3.63) is 24.5 Å². The number of aromatic nitrogens is 2. The topological polar surface area (TPSA) is 73.3 Å². The number of likely N-dealkylation sites (N-methyl/N-ethyl adjacent to an activating group) is 1. The molecule has 6 nitrogen and oxygen atoms in total. The Morgan fingerprint density at radius 3 is 3.17 bits per heavy atom. The average Bonchev–Trinajstić information content (AvgIpc) is 3.10. The first-order valence-electron chi connectivity index (χ1n) is 6.05. The fraction of sp³-hybridized carbons (Fsp3) is 0.500. The van der Waals surface area contributed by atoms with Crippen molar-refractivity contribution in [1.29, 1.82) is 0 Å². The normalized spacial score (nSPS) is 23.6. The Bertz CT molecular complexity index is 494. The molecule has 3 heterocycles. The molecule has 3 rings (SSSR count). The van der Waals surface area contributed by atoms with Crippen LogP contribution in [0.4, 0.5) is 0 Å². The molecule has 1 fully saturated rings.